The van der Waals surface area contributed by atoms with E-state index in [0.29, 0.717) is 29.7 Å². The van der Waals surface area contributed by atoms with Crippen molar-refractivity contribution >= 4 is 5.78 Å². The quantitative estimate of drug-likeness (QED) is 0.739. The zero-order valence-electron chi connectivity index (χ0n) is 12.9. The van der Waals surface area contributed by atoms with E-state index in [1.165, 1.54) is 11.1 Å². The molecule has 22 heavy (non-hydrogen) atoms. The largest absolute Gasteiger partial charge is 0.493 e. The van der Waals surface area contributed by atoms with Crippen LogP contribution in [0.15, 0.2) is 12.1 Å². The molecule has 5 aliphatic rings. The van der Waals surface area contributed by atoms with Crippen molar-refractivity contribution in [2.24, 2.45) is 5.92 Å². The van der Waals surface area contributed by atoms with Crippen LogP contribution in [0.5, 0.6) is 11.5 Å². The van der Waals surface area contributed by atoms with Gasteiger partial charge >= 0.3 is 0 Å². The van der Waals surface area contributed by atoms with Gasteiger partial charge in [-0.15, -0.1) is 0 Å². The number of carbonyl (C=O) groups is 1. The maximum absolute atomic E-state index is 12.6. The van der Waals surface area contributed by atoms with Gasteiger partial charge in [-0.2, -0.15) is 0 Å². The lowest BCUT2D eigenvalue weighted by molar-refractivity contribution is -0.133. The van der Waals surface area contributed by atoms with Gasteiger partial charge in [0, 0.05) is 29.0 Å². The van der Waals surface area contributed by atoms with Gasteiger partial charge in [-0.25, -0.2) is 0 Å². The molecule has 6 atom stereocenters. The van der Waals surface area contributed by atoms with Gasteiger partial charge in [0.05, 0.1) is 7.11 Å². The standard InChI is InChI=1S/C18H19NO3/c1-19-15-10-4-5-11(20)16-18(10)8-17(15,19)7-9-3-6-12(21-2)14(22-16)13(9)18/h3,6,10,15-16H,4-5,7-8H2,1-2H3/t10-,15?,16?,17?,18-,19?/m0/s1. The Labute approximate surface area is 129 Å². The van der Waals surface area contributed by atoms with Gasteiger partial charge in [-0.1, -0.05) is 6.07 Å². The minimum absolute atomic E-state index is 0.0655. The minimum atomic E-state index is -0.269. The van der Waals surface area contributed by atoms with Crippen molar-refractivity contribution in [3.8, 4) is 11.5 Å². The summed E-state index contributed by atoms with van der Waals surface area (Å²) in [5.41, 5.74) is 2.93. The molecule has 114 valence electrons. The summed E-state index contributed by atoms with van der Waals surface area (Å²) in [7, 11) is 3.94. The average molecular weight is 297 g/mol. The van der Waals surface area contributed by atoms with Crippen LogP contribution in [-0.4, -0.2) is 42.5 Å². The summed E-state index contributed by atoms with van der Waals surface area (Å²) >= 11 is 0. The topological polar surface area (TPSA) is 38.5 Å². The predicted octanol–water partition coefficient (Wildman–Crippen LogP) is 1.69. The molecule has 3 aliphatic carbocycles. The van der Waals surface area contributed by atoms with Crippen LogP contribution in [0.2, 0.25) is 0 Å². The van der Waals surface area contributed by atoms with Crippen LogP contribution in [0.3, 0.4) is 0 Å². The second kappa shape index (κ2) is 3.21. The number of benzene rings is 1. The average Bonchev–Trinajstić information content (AvgIpc) is 2.85. The van der Waals surface area contributed by atoms with Crippen molar-refractivity contribution in [3.05, 3.63) is 23.3 Å². The number of rotatable bonds is 1. The molecule has 4 nitrogen and oxygen atoms in total. The SMILES string of the molecule is COc1ccc2c3c1OC1C(=O)CC[C@H]4C5N(C)C5(C2)C[C@]314. The third kappa shape index (κ3) is 0.937. The molecule has 0 N–H and O–H groups in total. The van der Waals surface area contributed by atoms with Crippen LogP contribution in [0, 0.1) is 5.92 Å². The summed E-state index contributed by atoms with van der Waals surface area (Å²) in [4.78, 5) is 15.2. The highest BCUT2D eigenvalue weighted by atomic mass is 16.5. The van der Waals surface area contributed by atoms with Crippen molar-refractivity contribution < 1.29 is 14.3 Å². The highest BCUT2D eigenvalue weighted by Crippen LogP contribution is 2.74. The van der Waals surface area contributed by atoms with Crippen LogP contribution in [0.4, 0.5) is 0 Å². The molecule has 4 heteroatoms. The van der Waals surface area contributed by atoms with Gasteiger partial charge < -0.3 is 9.47 Å². The van der Waals surface area contributed by atoms with Crippen LogP contribution in [-0.2, 0) is 16.6 Å². The number of hydrogen-bond donors (Lipinski definition) is 0. The fourth-order valence-corrected chi connectivity index (χ4v) is 6.62. The van der Waals surface area contributed by atoms with Crippen LogP contribution in [0.25, 0.3) is 0 Å². The monoisotopic (exact) mass is 297 g/mol. The summed E-state index contributed by atoms with van der Waals surface area (Å²) in [6.07, 6.45) is 3.61. The number of Topliss-reactive ketones (excluding diaryl/α,β-unsaturated/α-hetero) is 1. The highest BCUT2D eigenvalue weighted by molar-refractivity contribution is 5.89. The van der Waals surface area contributed by atoms with Gasteiger partial charge in [0.1, 0.15) is 0 Å². The number of likely N-dealkylation sites (tertiary alicyclic amines) is 1. The van der Waals surface area contributed by atoms with Gasteiger partial charge in [-0.3, -0.25) is 9.69 Å². The van der Waals surface area contributed by atoms with Crippen LogP contribution in [0.1, 0.15) is 30.4 Å². The first-order valence-electron chi connectivity index (χ1n) is 8.26. The van der Waals surface area contributed by atoms with E-state index in [0.717, 1.165) is 30.8 Å². The Balaban J connectivity index is 1.69. The molecule has 4 unspecified atom stereocenters. The summed E-state index contributed by atoms with van der Waals surface area (Å²) < 4.78 is 11.8. The zero-order valence-corrected chi connectivity index (χ0v) is 12.9. The Morgan fingerprint density at radius 1 is 1.41 bits per heavy atom. The molecule has 2 bridgehead atoms. The molecule has 2 spiro atoms. The molecule has 0 aromatic heterocycles. The lowest BCUT2D eigenvalue weighted by Gasteiger charge is -2.45. The predicted molar refractivity (Wildman–Crippen MR) is 79.4 cm³/mol. The molecule has 2 aliphatic heterocycles. The van der Waals surface area contributed by atoms with E-state index >= 15 is 0 Å². The number of piperidine rings is 1. The molecular weight excluding hydrogens is 278 g/mol. The van der Waals surface area contributed by atoms with E-state index in [4.69, 9.17) is 9.47 Å². The molecule has 1 saturated heterocycles. The van der Waals surface area contributed by atoms with E-state index in [2.05, 4.69) is 18.0 Å². The third-order valence-electron chi connectivity index (χ3n) is 7.33. The van der Waals surface area contributed by atoms with Gasteiger partial charge in [0.2, 0.25) is 0 Å². The molecule has 0 amide bonds. The Morgan fingerprint density at radius 3 is 3.09 bits per heavy atom. The van der Waals surface area contributed by atoms with Crippen molar-refractivity contribution in [3.63, 3.8) is 0 Å². The molecule has 6 rings (SSSR count). The summed E-state index contributed by atoms with van der Waals surface area (Å²) in [5, 5.41) is 0. The summed E-state index contributed by atoms with van der Waals surface area (Å²) in [5.74, 6) is 2.51. The van der Waals surface area contributed by atoms with Crippen molar-refractivity contribution in [2.75, 3.05) is 14.2 Å². The number of ether oxygens (including phenoxy) is 2. The van der Waals surface area contributed by atoms with E-state index in [-0.39, 0.29) is 11.5 Å². The molecule has 0 radical (unpaired) electrons. The normalized spacial score (nSPS) is 48.5. The van der Waals surface area contributed by atoms with Crippen LogP contribution >= 0.6 is 0 Å². The first kappa shape index (κ1) is 11.9. The second-order valence-electron chi connectivity index (χ2n) is 7.79. The molecule has 3 fully saturated rings. The maximum Gasteiger partial charge on any atom is 0.174 e. The van der Waals surface area contributed by atoms with Gasteiger partial charge in [-0.05, 0) is 43.9 Å². The zero-order chi connectivity index (χ0) is 14.9. The third-order valence-corrected chi connectivity index (χ3v) is 7.33. The number of likely N-dealkylation sites (N-methyl/N-ethyl adjacent to an activating group) is 1. The summed E-state index contributed by atoms with van der Waals surface area (Å²) in [6.45, 7) is 0. The smallest absolute Gasteiger partial charge is 0.174 e. The van der Waals surface area contributed by atoms with Crippen molar-refractivity contribution in [1.29, 1.82) is 0 Å². The number of nitrogens with zero attached hydrogens (tertiary/aromatic N) is 1. The van der Waals surface area contributed by atoms with E-state index in [1.807, 2.05) is 6.07 Å². The molecule has 1 aromatic rings. The molecular formula is C18H19NO3. The molecule has 1 aromatic carbocycles. The van der Waals surface area contributed by atoms with E-state index in [9.17, 15) is 4.79 Å². The highest BCUT2D eigenvalue weighted by Gasteiger charge is 2.81. The maximum atomic E-state index is 12.6. The first-order valence-corrected chi connectivity index (χ1v) is 8.26. The Bertz CT molecular complexity index is 759. The first-order chi connectivity index (χ1) is 10.6. The van der Waals surface area contributed by atoms with Crippen molar-refractivity contribution in [2.45, 2.75) is 48.8 Å². The fourth-order valence-electron chi connectivity index (χ4n) is 6.62. The number of ketones is 1. The van der Waals surface area contributed by atoms with Gasteiger partial charge in [0.15, 0.2) is 23.4 Å². The van der Waals surface area contributed by atoms with Crippen molar-refractivity contribution in [1.82, 2.24) is 4.90 Å². The molecule has 2 heterocycles. The Hall–Kier alpha value is -1.55. The summed E-state index contributed by atoms with van der Waals surface area (Å²) in [6, 6.07) is 4.85. The number of fused-ring (bicyclic) bond motifs is 1. The lowest BCUT2D eigenvalue weighted by atomic mass is 9.59. The lowest BCUT2D eigenvalue weighted by Crippen LogP contribution is -2.54. The Kier molecular flexibility index (Phi) is 1.74. The van der Waals surface area contributed by atoms with E-state index in [1.54, 1.807) is 7.11 Å². The number of methoxy groups -OCH3 is 1. The molecule has 2 saturated carbocycles. The Morgan fingerprint density at radius 2 is 2.27 bits per heavy atom. The van der Waals surface area contributed by atoms with E-state index < -0.39 is 0 Å². The number of carbonyl (C=O) groups excluding carboxylic acids is 1. The van der Waals surface area contributed by atoms with Gasteiger partial charge in [0.25, 0.3) is 0 Å². The second-order valence-corrected chi connectivity index (χ2v) is 7.79. The van der Waals surface area contributed by atoms with Crippen LogP contribution < -0.4 is 9.47 Å². The number of hydrogen-bond acceptors (Lipinski definition) is 4. The minimum Gasteiger partial charge on any atom is -0.493 e. The fraction of sp³-hybridized carbons (Fsp3) is 0.611.